The number of carbonyl (C=O) groups is 1. The molecule has 0 heterocycles. The Bertz CT molecular complexity index is 639. The van der Waals surface area contributed by atoms with Crippen LogP contribution in [-0.4, -0.2) is 11.5 Å². The minimum absolute atomic E-state index is 0.0596. The molecule has 2 aromatic rings. The minimum Gasteiger partial charge on any atom is -0.326 e. The molecule has 0 unspecified atom stereocenters. The lowest BCUT2D eigenvalue weighted by Crippen LogP contribution is -2.04. The summed E-state index contributed by atoms with van der Waals surface area (Å²) in [6, 6.07) is 11.7. The van der Waals surface area contributed by atoms with Gasteiger partial charge in [-0.1, -0.05) is 12.1 Å². The van der Waals surface area contributed by atoms with Gasteiger partial charge in [-0.3, -0.25) is 4.79 Å². The molecule has 0 aliphatic heterocycles. The van der Waals surface area contributed by atoms with Gasteiger partial charge in [0.15, 0.2) is 5.78 Å². The number of thiol groups is 1. The lowest BCUT2D eigenvalue weighted by molar-refractivity contribution is -0.137. The van der Waals surface area contributed by atoms with Crippen LogP contribution in [0.25, 0.3) is 0 Å². The Morgan fingerprint density at radius 2 is 1.64 bits per heavy atom. The molecule has 0 radical (unpaired) electrons. The summed E-state index contributed by atoms with van der Waals surface area (Å²) in [7, 11) is 0. The van der Waals surface area contributed by atoms with E-state index < -0.39 is 11.7 Å². The number of alkyl halides is 3. The highest BCUT2D eigenvalue weighted by Crippen LogP contribution is 2.30. The SMILES string of the molecule is O=C(CS)c1ccc(SNc2ccc(C(F)(F)F)cc2)cc1. The highest BCUT2D eigenvalue weighted by Gasteiger charge is 2.29. The molecule has 0 aliphatic carbocycles. The van der Waals surface area contributed by atoms with Crippen molar-refractivity contribution in [3.8, 4) is 0 Å². The second-order valence-electron chi connectivity index (χ2n) is 4.38. The van der Waals surface area contributed by atoms with Crippen molar-refractivity contribution in [2.75, 3.05) is 10.5 Å². The fraction of sp³-hybridized carbons (Fsp3) is 0.133. The highest BCUT2D eigenvalue weighted by molar-refractivity contribution is 8.00. The normalized spacial score (nSPS) is 11.3. The van der Waals surface area contributed by atoms with Gasteiger partial charge in [0.1, 0.15) is 0 Å². The number of rotatable bonds is 5. The molecule has 0 bridgehead atoms. The average molecular weight is 343 g/mol. The van der Waals surface area contributed by atoms with E-state index in [-0.39, 0.29) is 11.5 Å². The predicted molar refractivity (Wildman–Crippen MR) is 85.5 cm³/mol. The van der Waals surface area contributed by atoms with E-state index in [1.54, 1.807) is 24.3 Å². The first-order chi connectivity index (χ1) is 10.4. The zero-order chi connectivity index (χ0) is 16.2. The van der Waals surface area contributed by atoms with Gasteiger partial charge in [-0.05, 0) is 48.3 Å². The summed E-state index contributed by atoms with van der Waals surface area (Å²) >= 11 is 5.18. The number of Topliss-reactive ketones (excluding diaryl/α,β-unsaturated/α-hetero) is 1. The second-order valence-corrected chi connectivity index (χ2v) is 5.58. The van der Waals surface area contributed by atoms with Crippen molar-refractivity contribution in [1.29, 1.82) is 0 Å². The summed E-state index contributed by atoms with van der Waals surface area (Å²) in [5, 5.41) is 0. The maximum absolute atomic E-state index is 12.4. The first kappa shape index (κ1) is 16.8. The van der Waals surface area contributed by atoms with Crippen molar-refractivity contribution >= 4 is 36.0 Å². The zero-order valence-electron chi connectivity index (χ0n) is 11.2. The number of nitrogens with one attached hydrogen (secondary N) is 1. The van der Waals surface area contributed by atoms with Crippen molar-refractivity contribution in [1.82, 2.24) is 0 Å². The fourth-order valence-electron chi connectivity index (χ4n) is 1.65. The Labute approximate surface area is 135 Å². The zero-order valence-corrected chi connectivity index (χ0v) is 12.9. The summed E-state index contributed by atoms with van der Waals surface area (Å²) < 4.78 is 40.3. The molecule has 0 saturated carbocycles. The van der Waals surface area contributed by atoms with Crippen molar-refractivity contribution in [3.05, 3.63) is 59.7 Å². The molecule has 1 N–H and O–H groups in total. The van der Waals surface area contributed by atoms with E-state index in [1.165, 1.54) is 24.1 Å². The van der Waals surface area contributed by atoms with E-state index >= 15 is 0 Å². The van der Waals surface area contributed by atoms with Crippen LogP contribution in [0.2, 0.25) is 0 Å². The summed E-state index contributed by atoms with van der Waals surface area (Å²) in [4.78, 5) is 12.3. The van der Waals surface area contributed by atoms with E-state index in [1.807, 2.05) is 0 Å². The summed E-state index contributed by atoms with van der Waals surface area (Å²) in [6.45, 7) is 0. The molecule has 22 heavy (non-hydrogen) atoms. The Kier molecular flexibility index (Phi) is 5.42. The van der Waals surface area contributed by atoms with Gasteiger partial charge in [0.25, 0.3) is 0 Å². The second kappa shape index (κ2) is 7.11. The molecule has 116 valence electrons. The highest BCUT2D eigenvalue weighted by atomic mass is 32.2. The molecular weight excluding hydrogens is 331 g/mol. The van der Waals surface area contributed by atoms with Crippen LogP contribution in [0, 0.1) is 0 Å². The van der Waals surface area contributed by atoms with Crippen molar-refractivity contribution in [3.63, 3.8) is 0 Å². The van der Waals surface area contributed by atoms with Crippen LogP contribution < -0.4 is 4.72 Å². The molecule has 0 aliphatic rings. The number of hydrogen-bond donors (Lipinski definition) is 2. The quantitative estimate of drug-likeness (QED) is 0.458. The van der Waals surface area contributed by atoms with Crippen molar-refractivity contribution in [2.45, 2.75) is 11.1 Å². The molecule has 0 saturated heterocycles. The first-order valence-electron chi connectivity index (χ1n) is 6.24. The van der Waals surface area contributed by atoms with Crippen LogP contribution in [0.15, 0.2) is 53.4 Å². The van der Waals surface area contributed by atoms with Crippen molar-refractivity contribution in [2.24, 2.45) is 0 Å². The third-order valence-electron chi connectivity index (χ3n) is 2.82. The molecule has 0 spiro atoms. The van der Waals surface area contributed by atoms with Crippen LogP contribution in [0.1, 0.15) is 15.9 Å². The lowest BCUT2D eigenvalue weighted by atomic mass is 10.1. The smallest absolute Gasteiger partial charge is 0.326 e. The monoisotopic (exact) mass is 343 g/mol. The number of halogens is 3. The molecule has 0 atom stereocenters. The topological polar surface area (TPSA) is 29.1 Å². The predicted octanol–water partition coefficient (Wildman–Crippen LogP) is 4.94. The molecule has 0 amide bonds. The average Bonchev–Trinajstić information content (AvgIpc) is 2.52. The van der Waals surface area contributed by atoms with Crippen molar-refractivity contribution < 1.29 is 18.0 Å². The molecule has 7 heteroatoms. The Hall–Kier alpha value is -1.60. The fourth-order valence-corrected chi connectivity index (χ4v) is 2.47. The van der Waals surface area contributed by atoms with E-state index in [0.717, 1.165) is 17.0 Å². The standard InChI is InChI=1S/C15H12F3NOS2/c16-15(17,18)11-3-5-12(6-4-11)19-22-13-7-1-10(2-8-13)14(20)9-21/h1-8,19,21H,9H2. The van der Waals surface area contributed by atoms with Crippen LogP contribution in [0.5, 0.6) is 0 Å². The van der Waals surface area contributed by atoms with E-state index in [4.69, 9.17) is 0 Å². The van der Waals surface area contributed by atoms with E-state index in [0.29, 0.717) is 11.3 Å². The molecule has 0 aromatic heterocycles. The maximum Gasteiger partial charge on any atom is 0.416 e. The maximum atomic E-state index is 12.4. The molecule has 2 aromatic carbocycles. The van der Waals surface area contributed by atoms with Gasteiger partial charge in [-0.25, -0.2) is 0 Å². The van der Waals surface area contributed by atoms with E-state index in [2.05, 4.69) is 17.4 Å². The van der Waals surface area contributed by atoms with Gasteiger partial charge in [-0.2, -0.15) is 25.8 Å². The molecule has 0 fully saturated rings. The van der Waals surface area contributed by atoms with Crippen LogP contribution in [0.4, 0.5) is 18.9 Å². The largest absolute Gasteiger partial charge is 0.416 e. The molecule has 2 nitrogen and oxygen atoms in total. The molecule has 2 rings (SSSR count). The lowest BCUT2D eigenvalue weighted by Gasteiger charge is -2.09. The van der Waals surface area contributed by atoms with Gasteiger partial charge in [0.05, 0.1) is 11.3 Å². The van der Waals surface area contributed by atoms with Crippen LogP contribution in [0.3, 0.4) is 0 Å². The molecular formula is C15H12F3NOS2. The van der Waals surface area contributed by atoms with Gasteiger partial charge >= 0.3 is 6.18 Å². The van der Waals surface area contributed by atoms with Gasteiger partial charge in [-0.15, -0.1) is 0 Å². The number of anilines is 1. The van der Waals surface area contributed by atoms with Gasteiger partial charge in [0, 0.05) is 16.1 Å². The number of hydrogen-bond acceptors (Lipinski definition) is 4. The van der Waals surface area contributed by atoms with Crippen LogP contribution >= 0.6 is 24.6 Å². The third-order valence-corrected chi connectivity index (χ3v) is 3.95. The first-order valence-corrected chi connectivity index (χ1v) is 7.69. The third kappa shape index (κ3) is 4.45. The number of carbonyl (C=O) groups excluding carboxylic acids is 1. The Balaban J connectivity index is 1.97. The Morgan fingerprint density at radius 1 is 1.05 bits per heavy atom. The Morgan fingerprint density at radius 3 is 2.14 bits per heavy atom. The number of benzene rings is 2. The van der Waals surface area contributed by atoms with Gasteiger partial charge in [0.2, 0.25) is 0 Å². The number of ketones is 1. The van der Waals surface area contributed by atoms with E-state index in [9.17, 15) is 18.0 Å². The summed E-state index contributed by atoms with van der Waals surface area (Å²) in [5.41, 5.74) is 0.458. The van der Waals surface area contributed by atoms with Gasteiger partial charge < -0.3 is 4.72 Å². The minimum atomic E-state index is -4.33. The van der Waals surface area contributed by atoms with Crippen LogP contribution in [-0.2, 0) is 6.18 Å². The summed E-state index contributed by atoms with van der Waals surface area (Å²) in [5.74, 6) is 0.0895. The summed E-state index contributed by atoms with van der Waals surface area (Å²) in [6.07, 6.45) is -4.33.